The largest absolute Gasteiger partial charge is 0.393 e. The fourth-order valence-electron chi connectivity index (χ4n) is 2.11. The summed E-state index contributed by atoms with van der Waals surface area (Å²) >= 11 is 0. The van der Waals surface area contributed by atoms with Crippen molar-refractivity contribution < 1.29 is 18.0 Å². The lowest BCUT2D eigenvalue weighted by Gasteiger charge is -2.35. The zero-order valence-electron chi connectivity index (χ0n) is 9.96. The number of carbonyl (C=O) groups is 1. The van der Waals surface area contributed by atoms with Gasteiger partial charge in [-0.15, -0.1) is 0 Å². The number of alkyl halides is 3. The summed E-state index contributed by atoms with van der Waals surface area (Å²) in [6.07, 6.45) is -2.44. The van der Waals surface area contributed by atoms with Gasteiger partial charge in [0.15, 0.2) is 0 Å². The first-order valence-corrected chi connectivity index (χ1v) is 5.97. The van der Waals surface area contributed by atoms with Gasteiger partial charge < -0.3 is 10.6 Å². The van der Waals surface area contributed by atoms with Gasteiger partial charge in [0.2, 0.25) is 5.91 Å². The Balaban J connectivity index is 2.57. The lowest BCUT2D eigenvalue weighted by molar-refractivity contribution is -0.188. The molecule has 1 aliphatic rings. The van der Waals surface area contributed by atoms with Crippen LogP contribution in [-0.2, 0) is 4.79 Å². The fourth-order valence-corrected chi connectivity index (χ4v) is 2.11. The highest BCUT2D eigenvalue weighted by atomic mass is 19.4. The first kappa shape index (κ1) is 14.3. The third-order valence-corrected chi connectivity index (χ3v) is 3.11. The normalized spacial score (nSPS) is 23.6. The smallest absolute Gasteiger partial charge is 0.341 e. The molecule has 1 saturated heterocycles. The summed E-state index contributed by atoms with van der Waals surface area (Å²) in [4.78, 5) is 13.1. The van der Waals surface area contributed by atoms with E-state index in [0.29, 0.717) is 19.4 Å². The van der Waals surface area contributed by atoms with E-state index >= 15 is 0 Å². The van der Waals surface area contributed by atoms with Crippen LogP contribution in [0.1, 0.15) is 32.6 Å². The summed E-state index contributed by atoms with van der Waals surface area (Å²) in [5.41, 5.74) is 5.64. The molecule has 1 aliphatic heterocycles. The molecule has 1 heterocycles. The number of nitrogens with two attached hydrogens (primary N) is 1. The predicted molar refractivity (Wildman–Crippen MR) is 58.2 cm³/mol. The topological polar surface area (TPSA) is 46.3 Å². The van der Waals surface area contributed by atoms with Crippen LogP contribution in [0.5, 0.6) is 0 Å². The highest BCUT2D eigenvalue weighted by Gasteiger charge is 2.43. The Morgan fingerprint density at radius 3 is 2.71 bits per heavy atom. The van der Waals surface area contributed by atoms with Crippen LogP contribution in [0, 0.1) is 5.92 Å². The molecular formula is C11H19F3N2O. The van der Waals surface area contributed by atoms with Crippen LogP contribution in [0.15, 0.2) is 0 Å². The zero-order valence-corrected chi connectivity index (χ0v) is 9.96. The maximum Gasteiger partial charge on any atom is 0.393 e. The Morgan fingerprint density at radius 1 is 1.53 bits per heavy atom. The maximum absolute atomic E-state index is 12.6. The molecule has 0 aromatic carbocycles. The molecule has 0 aliphatic carbocycles. The highest BCUT2D eigenvalue weighted by molar-refractivity contribution is 5.81. The molecule has 1 fully saturated rings. The van der Waals surface area contributed by atoms with Gasteiger partial charge in [-0.3, -0.25) is 4.79 Å². The average molecular weight is 252 g/mol. The predicted octanol–water partition coefficient (Wildman–Crippen LogP) is 1.91. The van der Waals surface area contributed by atoms with E-state index in [9.17, 15) is 18.0 Å². The summed E-state index contributed by atoms with van der Waals surface area (Å²) in [5, 5.41) is 0. The van der Waals surface area contributed by atoms with Crippen molar-refractivity contribution in [1.82, 2.24) is 4.90 Å². The summed E-state index contributed by atoms with van der Waals surface area (Å²) in [6, 6.07) is -0.660. The van der Waals surface area contributed by atoms with E-state index in [1.165, 1.54) is 4.90 Å². The minimum absolute atomic E-state index is 0.107. The van der Waals surface area contributed by atoms with Crippen LogP contribution in [-0.4, -0.2) is 36.1 Å². The minimum Gasteiger partial charge on any atom is -0.341 e. The Bertz CT molecular complexity index is 268. The van der Waals surface area contributed by atoms with E-state index in [2.05, 4.69) is 0 Å². The molecule has 2 unspecified atom stereocenters. The molecule has 0 radical (unpaired) electrons. The molecule has 0 bridgehead atoms. The molecule has 2 N–H and O–H groups in total. The zero-order chi connectivity index (χ0) is 13.1. The molecule has 2 atom stereocenters. The second kappa shape index (κ2) is 5.71. The van der Waals surface area contributed by atoms with Crippen LogP contribution >= 0.6 is 0 Å². The second-order valence-corrected chi connectivity index (χ2v) is 4.56. The number of carbonyl (C=O) groups excluding carboxylic acids is 1. The molecule has 3 nitrogen and oxygen atoms in total. The van der Waals surface area contributed by atoms with Crippen molar-refractivity contribution in [2.24, 2.45) is 11.7 Å². The summed E-state index contributed by atoms with van der Waals surface area (Å²) < 4.78 is 37.7. The van der Waals surface area contributed by atoms with Crippen molar-refractivity contribution in [3.8, 4) is 0 Å². The average Bonchev–Trinajstić information content (AvgIpc) is 2.27. The Labute approximate surface area is 99.1 Å². The van der Waals surface area contributed by atoms with Gasteiger partial charge in [0, 0.05) is 13.1 Å². The van der Waals surface area contributed by atoms with Crippen LogP contribution < -0.4 is 5.73 Å². The van der Waals surface area contributed by atoms with Crippen molar-refractivity contribution in [1.29, 1.82) is 0 Å². The molecule has 0 aromatic rings. The van der Waals surface area contributed by atoms with Crippen LogP contribution in [0.3, 0.4) is 0 Å². The van der Waals surface area contributed by atoms with Crippen molar-refractivity contribution in [3.05, 3.63) is 0 Å². The molecule has 100 valence electrons. The van der Waals surface area contributed by atoms with Crippen molar-refractivity contribution in [2.45, 2.75) is 44.8 Å². The van der Waals surface area contributed by atoms with E-state index in [0.717, 1.165) is 6.42 Å². The Kier molecular flexibility index (Phi) is 4.80. The lowest BCUT2D eigenvalue weighted by Crippen LogP contribution is -2.50. The molecule has 1 amide bonds. The number of nitrogens with zero attached hydrogens (tertiary/aromatic N) is 1. The van der Waals surface area contributed by atoms with Gasteiger partial charge in [0.25, 0.3) is 0 Å². The minimum atomic E-state index is -4.21. The standard InChI is InChI=1S/C11H19F3N2O/c1-2-4-9(15)10(17)16-6-3-5-8(7-16)11(12,13)14/h8-9H,2-7,15H2,1H3. The molecule has 0 saturated carbocycles. The number of hydrogen-bond acceptors (Lipinski definition) is 2. The van der Waals surface area contributed by atoms with Gasteiger partial charge in [-0.25, -0.2) is 0 Å². The third-order valence-electron chi connectivity index (χ3n) is 3.11. The molecule has 1 rings (SSSR count). The molecule has 0 spiro atoms. The molecule has 17 heavy (non-hydrogen) atoms. The fraction of sp³-hybridized carbons (Fsp3) is 0.909. The van der Waals surface area contributed by atoms with Gasteiger partial charge in [-0.05, 0) is 19.3 Å². The van der Waals surface area contributed by atoms with E-state index in [-0.39, 0.29) is 18.9 Å². The summed E-state index contributed by atoms with van der Waals surface area (Å²) in [7, 11) is 0. The van der Waals surface area contributed by atoms with Crippen molar-refractivity contribution in [2.75, 3.05) is 13.1 Å². The van der Waals surface area contributed by atoms with Crippen LogP contribution in [0.25, 0.3) is 0 Å². The number of likely N-dealkylation sites (tertiary alicyclic amines) is 1. The first-order chi connectivity index (χ1) is 7.86. The number of halogens is 3. The highest BCUT2D eigenvalue weighted by Crippen LogP contribution is 2.33. The van der Waals surface area contributed by atoms with Gasteiger partial charge in [0.1, 0.15) is 0 Å². The van der Waals surface area contributed by atoms with E-state index in [1.807, 2.05) is 6.92 Å². The van der Waals surface area contributed by atoms with Gasteiger partial charge in [-0.1, -0.05) is 13.3 Å². The molecular weight excluding hydrogens is 233 g/mol. The number of rotatable bonds is 3. The second-order valence-electron chi connectivity index (χ2n) is 4.56. The Morgan fingerprint density at radius 2 is 2.18 bits per heavy atom. The van der Waals surface area contributed by atoms with E-state index < -0.39 is 18.1 Å². The Hall–Kier alpha value is -0.780. The van der Waals surface area contributed by atoms with E-state index in [4.69, 9.17) is 5.73 Å². The van der Waals surface area contributed by atoms with Crippen molar-refractivity contribution >= 4 is 5.91 Å². The van der Waals surface area contributed by atoms with Gasteiger partial charge >= 0.3 is 6.18 Å². The number of amides is 1. The SMILES string of the molecule is CCCC(N)C(=O)N1CCCC(C(F)(F)F)C1. The molecule has 0 aromatic heterocycles. The summed E-state index contributed by atoms with van der Waals surface area (Å²) in [5.74, 6) is -1.74. The monoisotopic (exact) mass is 252 g/mol. The van der Waals surface area contributed by atoms with Gasteiger partial charge in [0.05, 0.1) is 12.0 Å². The van der Waals surface area contributed by atoms with Gasteiger partial charge in [-0.2, -0.15) is 13.2 Å². The maximum atomic E-state index is 12.6. The molecule has 6 heteroatoms. The number of piperidine rings is 1. The quantitative estimate of drug-likeness (QED) is 0.834. The van der Waals surface area contributed by atoms with Crippen molar-refractivity contribution in [3.63, 3.8) is 0 Å². The number of hydrogen-bond donors (Lipinski definition) is 1. The summed E-state index contributed by atoms with van der Waals surface area (Å²) in [6.45, 7) is 2.05. The van der Waals surface area contributed by atoms with Crippen LogP contribution in [0.2, 0.25) is 0 Å². The lowest BCUT2D eigenvalue weighted by atomic mass is 9.96. The first-order valence-electron chi connectivity index (χ1n) is 5.97. The van der Waals surface area contributed by atoms with Crippen LogP contribution in [0.4, 0.5) is 13.2 Å². The third kappa shape index (κ3) is 3.87. The van der Waals surface area contributed by atoms with E-state index in [1.54, 1.807) is 0 Å².